The Kier molecular flexibility index (Phi) is 10.8. The number of benzene rings is 3. The molecule has 10 rings (SSSR count). The van der Waals surface area contributed by atoms with Crippen molar-refractivity contribution in [1.29, 1.82) is 0 Å². The number of aromatic nitrogens is 2. The summed E-state index contributed by atoms with van der Waals surface area (Å²) in [7, 11) is 1.69. The number of primary amides is 1. The highest BCUT2D eigenvalue weighted by molar-refractivity contribution is 6.31. The molecule has 2 aliphatic carbocycles. The summed E-state index contributed by atoms with van der Waals surface area (Å²) in [5, 5.41) is 5.81. The first-order valence-electron chi connectivity index (χ1n) is 22.7. The van der Waals surface area contributed by atoms with Gasteiger partial charge >= 0.3 is 5.69 Å². The molecule has 5 heterocycles. The van der Waals surface area contributed by atoms with Crippen LogP contribution in [0.2, 0.25) is 10.0 Å². The second-order valence-electron chi connectivity index (χ2n) is 19.0. The van der Waals surface area contributed by atoms with Crippen molar-refractivity contribution >= 4 is 69.5 Å². The number of hydrogen-bond donors (Lipinski definition) is 3. The number of anilines is 1. The fraction of sp³-hybridized carbons (Fsp3) is 0.500. The van der Waals surface area contributed by atoms with Crippen LogP contribution >= 0.6 is 23.2 Å². The third kappa shape index (κ3) is 6.40. The Morgan fingerprint density at radius 2 is 1.62 bits per heavy atom. The minimum atomic E-state index is -1.42. The molecule has 4 N–H and O–H groups in total. The summed E-state index contributed by atoms with van der Waals surface area (Å²) in [4.78, 5) is 86.1. The first-order valence-corrected chi connectivity index (χ1v) is 23.5. The molecule has 4 aromatic rings. The number of amides is 5. The monoisotopic (exact) mass is 911 g/mol. The van der Waals surface area contributed by atoms with Gasteiger partial charge in [0, 0.05) is 60.7 Å². The molecule has 13 nitrogen and oxygen atoms in total. The van der Waals surface area contributed by atoms with E-state index >= 15 is 9.18 Å². The van der Waals surface area contributed by atoms with Crippen molar-refractivity contribution in [2.45, 2.75) is 124 Å². The summed E-state index contributed by atoms with van der Waals surface area (Å²) in [6, 6.07) is 13.8. The van der Waals surface area contributed by atoms with Crippen LogP contribution in [-0.4, -0.2) is 79.2 Å². The van der Waals surface area contributed by atoms with Crippen LogP contribution in [-0.2, 0) is 36.4 Å². The predicted molar refractivity (Wildman–Crippen MR) is 239 cm³/mol. The molecule has 16 heteroatoms. The van der Waals surface area contributed by atoms with E-state index < -0.39 is 46.6 Å². The van der Waals surface area contributed by atoms with E-state index in [1.807, 2.05) is 29.2 Å². The maximum Gasteiger partial charge on any atom is 0.329 e. The average molecular weight is 913 g/mol. The number of rotatable bonds is 6. The molecule has 5 amide bonds. The molecule has 64 heavy (non-hydrogen) atoms. The van der Waals surface area contributed by atoms with Crippen molar-refractivity contribution in [2.24, 2.45) is 18.7 Å². The molecule has 4 aliphatic heterocycles. The molecule has 2 saturated carbocycles. The van der Waals surface area contributed by atoms with Crippen molar-refractivity contribution in [1.82, 2.24) is 24.3 Å². The summed E-state index contributed by atoms with van der Waals surface area (Å²) < 4.78 is 19.6. The number of halogens is 3. The van der Waals surface area contributed by atoms with E-state index in [1.54, 1.807) is 35.9 Å². The van der Waals surface area contributed by atoms with Crippen molar-refractivity contribution in [2.75, 3.05) is 18.4 Å². The van der Waals surface area contributed by atoms with Crippen molar-refractivity contribution < 1.29 is 28.4 Å². The number of hydrogen-bond acceptors (Lipinski definition) is 7. The van der Waals surface area contributed by atoms with Crippen LogP contribution in [0.3, 0.4) is 0 Å². The summed E-state index contributed by atoms with van der Waals surface area (Å²) in [5.41, 5.74) is 7.59. The number of nitrogens with zero attached hydrogens (tertiary/aromatic N) is 4. The minimum absolute atomic E-state index is 0.0700. The number of piperidine rings is 2. The lowest BCUT2D eigenvalue weighted by molar-refractivity contribution is -0.140. The van der Waals surface area contributed by atoms with Gasteiger partial charge in [0.25, 0.3) is 0 Å². The van der Waals surface area contributed by atoms with Gasteiger partial charge in [0.15, 0.2) is 0 Å². The van der Waals surface area contributed by atoms with Gasteiger partial charge in [-0.15, -0.1) is 0 Å². The molecule has 6 atom stereocenters. The lowest BCUT2D eigenvalue weighted by Crippen LogP contribution is -2.64. The zero-order valence-electron chi connectivity index (χ0n) is 35.7. The fourth-order valence-corrected chi connectivity index (χ4v) is 13.6. The summed E-state index contributed by atoms with van der Waals surface area (Å²) in [6.07, 6.45) is 8.14. The minimum Gasteiger partial charge on any atom is -0.368 e. The van der Waals surface area contributed by atoms with E-state index in [0.717, 1.165) is 44.1 Å². The first-order chi connectivity index (χ1) is 30.8. The van der Waals surface area contributed by atoms with Gasteiger partial charge in [-0.25, -0.2) is 9.18 Å². The van der Waals surface area contributed by atoms with Gasteiger partial charge in [0.1, 0.15) is 17.3 Å². The Labute approximate surface area is 379 Å². The van der Waals surface area contributed by atoms with E-state index in [1.165, 1.54) is 10.6 Å². The highest BCUT2D eigenvalue weighted by Crippen LogP contribution is 2.67. The number of carbonyl (C=O) groups is 5. The van der Waals surface area contributed by atoms with Gasteiger partial charge in [-0.2, -0.15) is 0 Å². The van der Waals surface area contributed by atoms with E-state index in [4.69, 9.17) is 28.9 Å². The number of aryl methyl sites for hydroxylation is 1. The quantitative estimate of drug-likeness (QED) is 0.184. The number of nitrogens with two attached hydrogens (primary N) is 1. The van der Waals surface area contributed by atoms with Crippen molar-refractivity contribution in [3.63, 3.8) is 0 Å². The molecule has 6 aliphatic rings. The lowest BCUT2D eigenvalue weighted by atomic mass is 9.55. The summed E-state index contributed by atoms with van der Waals surface area (Å²) in [6.45, 7) is 1.10. The molecule has 3 aromatic carbocycles. The van der Waals surface area contributed by atoms with Gasteiger partial charge in [-0.3, -0.25) is 43.3 Å². The molecule has 0 bridgehead atoms. The molecule has 2 unspecified atom stereocenters. The SMILES string of the molecule is Cn1c(=O)n(C2CCC(=O)NC2=O)c2ccc(C3CCN(C(=O)[C@H]4CCCC(N5[C@@H](C(N)=O)[C@H](c6cccc(Cl)c6F)[C@]6(C(=O)Nc7cc(Cl)ccc76)C56CCCCC6)C4)CC3)cc21. The van der Waals surface area contributed by atoms with Crippen LogP contribution in [0, 0.1) is 11.7 Å². The molecule has 3 saturated heterocycles. The smallest absolute Gasteiger partial charge is 0.329 e. The summed E-state index contributed by atoms with van der Waals surface area (Å²) >= 11 is 13.0. The second kappa shape index (κ2) is 16.1. The van der Waals surface area contributed by atoms with Crippen LogP contribution in [0.5, 0.6) is 0 Å². The van der Waals surface area contributed by atoms with Gasteiger partial charge < -0.3 is 16.0 Å². The van der Waals surface area contributed by atoms with Crippen LogP contribution in [0.15, 0.2) is 59.4 Å². The topological polar surface area (TPSA) is 169 Å². The zero-order valence-corrected chi connectivity index (χ0v) is 37.2. The Balaban J connectivity index is 0.937. The maximum absolute atomic E-state index is 16.6. The molecular formula is C48H52Cl2FN7O6. The second-order valence-corrected chi connectivity index (χ2v) is 19.8. The number of likely N-dealkylation sites (tertiary alicyclic amines) is 2. The van der Waals surface area contributed by atoms with E-state index in [-0.39, 0.29) is 64.7 Å². The third-order valence-electron chi connectivity index (χ3n) is 15.9. The van der Waals surface area contributed by atoms with Crippen molar-refractivity contribution in [3.8, 4) is 0 Å². The van der Waals surface area contributed by atoms with Gasteiger partial charge in [0.2, 0.25) is 29.5 Å². The van der Waals surface area contributed by atoms with Crippen LogP contribution < -0.4 is 22.1 Å². The largest absolute Gasteiger partial charge is 0.368 e. The van der Waals surface area contributed by atoms with Crippen LogP contribution in [0.25, 0.3) is 11.0 Å². The van der Waals surface area contributed by atoms with E-state index in [2.05, 4.69) is 15.5 Å². The maximum atomic E-state index is 16.6. The highest BCUT2D eigenvalue weighted by atomic mass is 35.5. The number of imide groups is 1. The first kappa shape index (κ1) is 42.9. The molecule has 0 radical (unpaired) electrons. The Morgan fingerprint density at radius 1 is 0.859 bits per heavy atom. The standard InChI is InChI=1S/C48H52Cl2FN7O6/c1-55-37-24-27(11-14-35(37)57(46(55)64)36-15-16-38(59)54-43(36)61)26-17-21-56(22-18-26)44(62)28-7-5-8-30(23-28)58-41(42(52)60)39(31-9-6-10-33(50)40(31)51)48(47(58)19-3-2-4-20-47)32-13-12-29(49)25-34(32)53-45(48)63/h6,9-14,24-26,28,30,36,39,41H,2-5,7-8,15-23H2,1H3,(H2,52,60)(H,53,63)(H,54,59,61)/t28-,30?,36?,39-,41+,48+/m0/s1. The molecular weight excluding hydrogens is 860 g/mol. The normalized spacial score (nSPS) is 28.5. The number of nitrogens with one attached hydrogen (secondary N) is 2. The van der Waals surface area contributed by atoms with Gasteiger partial charge in [0.05, 0.1) is 22.1 Å². The Morgan fingerprint density at radius 3 is 2.36 bits per heavy atom. The zero-order chi connectivity index (χ0) is 44.8. The Hall–Kier alpha value is -5.05. The third-order valence-corrected chi connectivity index (χ3v) is 16.4. The number of imidazole rings is 1. The lowest BCUT2D eigenvalue weighted by Gasteiger charge is -2.54. The van der Waals surface area contributed by atoms with Crippen LogP contribution in [0.4, 0.5) is 10.1 Å². The van der Waals surface area contributed by atoms with Crippen LogP contribution in [0.1, 0.15) is 118 Å². The van der Waals surface area contributed by atoms with Gasteiger partial charge in [-0.1, -0.05) is 73.2 Å². The van der Waals surface area contributed by atoms with E-state index in [0.29, 0.717) is 72.5 Å². The number of carbonyl (C=O) groups excluding carboxylic acids is 5. The highest BCUT2D eigenvalue weighted by Gasteiger charge is 2.76. The molecule has 2 spiro atoms. The van der Waals surface area contributed by atoms with Gasteiger partial charge in [-0.05, 0) is 104 Å². The number of fused-ring (bicyclic) bond motifs is 4. The van der Waals surface area contributed by atoms with Crippen molar-refractivity contribution in [3.05, 3.63) is 97.6 Å². The average Bonchev–Trinajstić information content (AvgIpc) is 3.82. The molecule has 336 valence electrons. The fourth-order valence-electron chi connectivity index (χ4n) is 13.3. The Bertz CT molecular complexity index is 2690. The van der Waals surface area contributed by atoms with E-state index in [9.17, 15) is 24.0 Å². The molecule has 5 fully saturated rings. The summed E-state index contributed by atoms with van der Waals surface area (Å²) in [5.74, 6) is -3.60. The predicted octanol–water partition coefficient (Wildman–Crippen LogP) is 6.57. The molecule has 1 aromatic heterocycles.